The molecule has 1 rings (SSSR count). The molecule has 0 aromatic heterocycles. The van der Waals surface area contributed by atoms with Crippen molar-refractivity contribution in [1.29, 1.82) is 0 Å². The molecule has 1 atom stereocenters. The van der Waals surface area contributed by atoms with Gasteiger partial charge in [0.2, 0.25) is 5.91 Å². The van der Waals surface area contributed by atoms with Crippen LogP contribution in [0.3, 0.4) is 0 Å². The molecule has 1 amide bonds. The molecule has 16 heavy (non-hydrogen) atoms. The van der Waals surface area contributed by atoms with E-state index in [0.717, 1.165) is 11.4 Å². The van der Waals surface area contributed by atoms with Gasteiger partial charge in [0.25, 0.3) is 0 Å². The summed E-state index contributed by atoms with van der Waals surface area (Å²) in [5.74, 6) is -0.207. The summed E-state index contributed by atoms with van der Waals surface area (Å²) in [6, 6.07) is 7.70. The minimum Gasteiger partial charge on any atom is -0.378 e. The van der Waals surface area contributed by atoms with Crippen LogP contribution in [0.5, 0.6) is 0 Å². The molecule has 0 saturated carbocycles. The van der Waals surface area contributed by atoms with Gasteiger partial charge in [-0.2, -0.15) is 0 Å². The molecule has 4 heteroatoms. The third-order valence-electron chi connectivity index (χ3n) is 2.43. The number of nitrogens with zero attached hydrogens (tertiary/aromatic N) is 1. The Morgan fingerprint density at radius 2 is 2.19 bits per heavy atom. The summed E-state index contributed by atoms with van der Waals surface area (Å²) in [4.78, 5) is 13.6. The Bertz CT molecular complexity index is 363. The highest BCUT2D eigenvalue weighted by Crippen LogP contribution is 2.17. The second-order valence-corrected chi connectivity index (χ2v) is 4.07. The Morgan fingerprint density at radius 3 is 2.75 bits per heavy atom. The lowest BCUT2D eigenvalue weighted by atomic mass is 10.1. The van der Waals surface area contributed by atoms with Crippen LogP contribution in [0.25, 0.3) is 0 Å². The second kappa shape index (κ2) is 5.51. The van der Waals surface area contributed by atoms with E-state index in [1.54, 1.807) is 0 Å². The number of nitrogens with one attached hydrogen (secondary N) is 1. The van der Waals surface area contributed by atoms with Crippen molar-refractivity contribution in [2.45, 2.75) is 6.92 Å². The monoisotopic (exact) mass is 221 g/mol. The molecule has 0 aliphatic rings. The first-order chi connectivity index (χ1) is 7.54. The van der Waals surface area contributed by atoms with Crippen LogP contribution in [0.2, 0.25) is 0 Å². The molecular formula is C12H19N3O. The Labute approximate surface area is 96.4 Å². The van der Waals surface area contributed by atoms with Crippen molar-refractivity contribution in [2.24, 2.45) is 11.7 Å². The summed E-state index contributed by atoms with van der Waals surface area (Å²) in [5.41, 5.74) is 7.29. The van der Waals surface area contributed by atoms with Gasteiger partial charge in [-0.05, 0) is 18.2 Å². The van der Waals surface area contributed by atoms with E-state index < -0.39 is 0 Å². The Hall–Kier alpha value is -1.55. The maximum absolute atomic E-state index is 11.6. The number of rotatable bonds is 4. The number of carbonyl (C=O) groups excluding carboxylic acids is 1. The summed E-state index contributed by atoms with van der Waals surface area (Å²) in [7, 11) is 3.92. The SMILES string of the molecule is CC(CN)C(=O)Nc1cccc(N(C)C)c1. The lowest BCUT2D eigenvalue weighted by Crippen LogP contribution is -2.26. The van der Waals surface area contributed by atoms with E-state index in [4.69, 9.17) is 5.73 Å². The van der Waals surface area contributed by atoms with Gasteiger partial charge in [0.15, 0.2) is 0 Å². The molecule has 0 heterocycles. The standard InChI is InChI=1S/C12H19N3O/c1-9(8-13)12(16)14-10-5-4-6-11(7-10)15(2)3/h4-7,9H,8,13H2,1-3H3,(H,14,16). The molecule has 0 aliphatic carbocycles. The lowest BCUT2D eigenvalue weighted by molar-refractivity contribution is -0.119. The highest BCUT2D eigenvalue weighted by molar-refractivity contribution is 5.92. The van der Waals surface area contributed by atoms with Crippen LogP contribution in [-0.4, -0.2) is 26.5 Å². The summed E-state index contributed by atoms with van der Waals surface area (Å²) in [5, 5.41) is 2.84. The van der Waals surface area contributed by atoms with E-state index in [9.17, 15) is 4.79 Å². The van der Waals surface area contributed by atoms with Crippen LogP contribution in [0.1, 0.15) is 6.92 Å². The fourth-order valence-electron chi connectivity index (χ4n) is 1.23. The predicted octanol–water partition coefficient (Wildman–Crippen LogP) is 1.29. The van der Waals surface area contributed by atoms with Crippen LogP contribution in [0.15, 0.2) is 24.3 Å². The first kappa shape index (κ1) is 12.5. The van der Waals surface area contributed by atoms with E-state index in [2.05, 4.69) is 5.32 Å². The van der Waals surface area contributed by atoms with Crippen LogP contribution in [0, 0.1) is 5.92 Å². The smallest absolute Gasteiger partial charge is 0.228 e. The molecule has 1 aromatic rings. The Balaban J connectivity index is 2.74. The summed E-state index contributed by atoms with van der Waals surface area (Å²) < 4.78 is 0. The molecule has 3 N–H and O–H groups in total. The zero-order valence-electron chi connectivity index (χ0n) is 10.0. The average molecular weight is 221 g/mol. The van der Waals surface area contributed by atoms with Crippen LogP contribution < -0.4 is 16.0 Å². The van der Waals surface area contributed by atoms with Gasteiger partial charge in [0.05, 0.1) is 0 Å². The number of nitrogens with two attached hydrogens (primary N) is 1. The molecule has 0 bridgehead atoms. The molecule has 0 spiro atoms. The van der Waals surface area contributed by atoms with Crippen molar-refractivity contribution in [2.75, 3.05) is 30.9 Å². The van der Waals surface area contributed by atoms with Crippen molar-refractivity contribution >= 4 is 17.3 Å². The minimum absolute atomic E-state index is 0.0431. The van der Waals surface area contributed by atoms with Gasteiger partial charge in [-0.15, -0.1) is 0 Å². The summed E-state index contributed by atoms with van der Waals surface area (Å²) in [6.45, 7) is 2.17. The predicted molar refractivity (Wildman–Crippen MR) is 67.6 cm³/mol. The molecule has 0 radical (unpaired) electrons. The van der Waals surface area contributed by atoms with Crippen molar-refractivity contribution in [1.82, 2.24) is 0 Å². The summed E-state index contributed by atoms with van der Waals surface area (Å²) >= 11 is 0. The fraction of sp³-hybridized carbons (Fsp3) is 0.417. The van der Waals surface area contributed by atoms with Crippen molar-refractivity contribution < 1.29 is 4.79 Å². The highest BCUT2D eigenvalue weighted by atomic mass is 16.1. The first-order valence-electron chi connectivity index (χ1n) is 5.33. The lowest BCUT2D eigenvalue weighted by Gasteiger charge is -2.15. The minimum atomic E-state index is -0.164. The van der Waals surface area contributed by atoms with E-state index >= 15 is 0 Å². The van der Waals surface area contributed by atoms with E-state index in [1.807, 2.05) is 50.2 Å². The number of hydrogen-bond donors (Lipinski definition) is 2. The van der Waals surface area contributed by atoms with Crippen LogP contribution in [-0.2, 0) is 4.79 Å². The quantitative estimate of drug-likeness (QED) is 0.805. The largest absolute Gasteiger partial charge is 0.378 e. The third-order valence-corrected chi connectivity index (χ3v) is 2.43. The van der Waals surface area contributed by atoms with Gasteiger partial charge in [0.1, 0.15) is 0 Å². The maximum Gasteiger partial charge on any atom is 0.228 e. The van der Waals surface area contributed by atoms with E-state index in [0.29, 0.717) is 6.54 Å². The van der Waals surface area contributed by atoms with E-state index in [1.165, 1.54) is 0 Å². The van der Waals surface area contributed by atoms with Crippen molar-refractivity contribution in [3.63, 3.8) is 0 Å². The number of hydrogen-bond acceptors (Lipinski definition) is 3. The molecule has 0 fully saturated rings. The van der Waals surface area contributed by atoms with Gasteiger partial charge in [-0.1, -0.05) is 13.0 Å². The third kappa shape index (κ3) is 3.24. The van der Waals surface area contributed by atoms with Gasteiger partial charge >= 0.3 is 0 Å². The Kier molecular flexibility index (Phi) is 4.31. The zero-order chi connectivity index (χ0) is 12.1. The molecular weight excluding hydrogens is 202 g/mol. The van der Waals surface area contributed by atoms with Crippen molar-refractivity contribution in [3.05, 3.63) is 24.3 Å². The molecule has 1 aromatic carbocycles. The average Bonchev–Trinajstić information content (AvgIpc) is 2.28. The number of amides is 1. The van der Waals surface area contributed by atoms with E-state index in [-0.39, 0.29) is 11.8 Å². The van der Waals surface area contributed by atoms with Crippen LogP contribution >= 0.6 is 0 Å². The van der Waals surface area contributed by atoms with Gasteiger partial charge < -0.3 is 16.0 Å². The first-order valence-corrected chi connectivity index (χ1v) is 5.33. The molecule has 88 valence electrons. The second-order valence-electron chi connectivity index (χ2n) is 4.07. The van der Waals surface area contributed by atoms with Gasteiger partial charge in [-0.3, -0.25) is 4.79 Å². The van der Waals surface area contributed by atoms with Crippen molar-refractivity contribution in [3.8, 4) is 0 Å². The topological polar surface area (TPSA) is 58.4 Å². The number of anilines is 2. The molecule has 0 aliphatic heterocycles. The number of benzene rings is 1. The maximum atomic E-state index is 11.6. The van der Waals surface area contributed by atoms with Crippen LogP contribution in [0.4, 0.5) is 11.4 Å². The normalized spacial score (nSPS) is 12.0. The summed E-state index contributed by atoms with van der Waals surface area (Å²) in [6.07, 6.45) is 0. The zero-order valence-corrected chi connectivity index (χ0v) is 10.0. The molecule has 4 nitrogen and oxygen atoms in total. The van der Waals surface area contributed by atoms with Gasteiger partial charge in [-0.25, -0.2) is 0 Å². The fourth-order valence-corrected chi connectivity index (χ4v) is 1.23. The highest BCUT2D eigenvalue weighted by Gasteiger charge is 2.10. The van der Waals surface area contributed by atoms with Gasteiger partial charge in [0, 0.05) is 37.9 Å². The molecule has 0 saturated heterocycles. The Morgan fingerprint density at radius 1 is 1.50 bits per heavy atom. The molecule has 1 unspecified atom stereocenters. The number of carbonyl (C=O) groups is 1.